The topological polar surface area (TPSA) is 86.5 Å². The largest absolute Gasteiger partial charge is 0.462 e. The lowest BCUT2D eigenvalue weighted by atomic mass is 10.1. The van der Waals surface area contributed by atoms with Gasteiger partial charge in [-0.3, -0.25) is 14.9 Å². The monoisotopic (exact) mass is 237 g/mol. The van der Waals surface area contributed by atoms with Crippen LogP contribution in [0.2, 0.25) is 0 Å². The molecule has 0 aliphatic heterocycles. The molecule has 0 fully saturated rings. The third kappa shape index (κ3) is 2.87. The second-order valence-electron chi connectivity index (χ2n) is 3.27. The Balaban J connectivity index is 3.27. The Bertz CT molecular complexity index is 481. The molecule has 6 heteroatoms. The lowest BCUT2D eigenvalue weighted by Crippen LogP contribution is -2.09. The first-order valence-corrected chi connectivity index (χ1v) is 4.93. The van der Waals surface area contributed by atoms with Crippen molar-refractivity contribution in [2.45, 2.75) is 13.8 Å². The molecule has 0 N–H and O–H groups in total. The van der Waals surface area contributed by atoms with Crippen molar-refractivity contribution in [2.75, 3.05) is 6.61 Å². The number of carbonyl (C=O) groups is 2. The highest BCUT2D eigenvalue weighted by atomic mass is 16.6. The first-order valence-electron chi connectivity index (χ1n) is 4.93. The lowest BCUT2D eigenvalue weighted by molar-refractivity contribution is -0.385. The average molecular weight is 237 g/mol. The molecule has 1 rings (SSSR count). The van der Waals surface area contributed by atoms with Crippen LogP contribution in [-0.2, 0) is 4.74 Å². The summed E-state index contributed by atoms with van der Waals surface area (Å²) in [6.45, 7) is 3.03. The van der Waals surface area contributed by atoms with Crippen molar-refractivity contribution in [3.8, 4) is 0 Å². The van der Waals surface area contributed by atoms with Crippen molar-refractivity contribution >= 4 is 17.4 Å². The summed E-state index contributed by atoms with van der Waals surface area (Å²) in [6.07, 6.45) is 0. The maximum atomic E-state index is 11.4. The van der Waals surface area contributed by atoms with E-state index in [4.69, 9.17) is 4.74 Å². The van der Waals surface area contributed by atoms with Crippen LogP contribution < -0.4 is 0 Å². The van der Waals surface area contributed by atoms with E-state index < -0.39 is 16.6 Å². The van der Waals surface area contributed by atoms with Crippen molar-refractivity contribution in [2.24, 2.45) is 0 Å². The first-order chi connectivity index (χ1) is 7.97. The minimum atomic E-state index is -0.769. The molecule has 0 aliphatic rings. The van der Waals surface area contributed by atoms with Gasteiger partial charge in [-0.25, -0.2) is 4.79 Å². The molecule has 6 nitrogen and oxygen atoms in total. The molecule has 0 amide bonds. The highest BCUT2D eigenvalue weighted by molar-refractivity contribution is 5.99. The molecule has 0 aromatic heterocycles. The van der Waals surface area contributed by atoms with Gasteiger partial charge < -0.3 is 4.74 Å². The minimum absolute atomic E-state index is 0.129. The fourth-order valence-electron chi connectivity index (χ4n) is 1.28. The van der Waals surface area contributed by atoms with Gasteiger partial charge in [0, 0.05) is 11.6 Å². The molecule has 0 saturated carbocycles. The van der Waals surface area contributed by atoms with Crippen LogP contribution in [0.4, 0.5) is 5.69 Å². The summed E-state index contributed by atoms with van der Waals surface area (Å²) in [4.78, 5) is 32.6. The van der Waals surface area contributed by atoms with E-state index in [0.717, 1.165) is 6.07 Å². The number of ether oxygens (including phenoxy) is 1. The average Bonchev–Trinajstić information content (AvgIpc) is 2.28. The third-order valence-electron chi connectivity index (χ3n) is 2.10. The van der Waals surface area contributed by atoms with Gasteiger partial charge in [-0.2, -0.15) is 0 Å². The molecule has 0 saturated heterocycles. The van der Waals surface area contributed by atoms with E-state index in [-0.39, 0.29) is 23.5 Å². The molecule has 0 aliphatic carbocycles. The lowest BCUT2D eigenvalue weighted by Gasteiger charge is -2.04. The molecule has 0 unspecified atom stereocenters. The van der Waals surface area contributed by atoms with E-state index in [1.54, 1.807) is 6.92 Å². The zero-order chi connectivity index (χ0) is 13.0. The van der Waals surface area contributed by atoms with E-state index in [1.165, 1.54) is 19.1 Å². The summed E-state index contributed by atoms with van der Waals surface area (Å²) in [5.41, 5.74) is -0.386. The van der Waals surface area contributed by atoms with Gasteiger partial charge in [0.15, 0.2) is 5.78 Å². The fourth-order valence-corrected chi connectivity index (χ4v) is 1.28. The van der Waals surface area contributed by atoms with Crippen LogP contribution in [0.3, 0.4) is 0 Å². The van der Waals surface area contributed by atoms with Crippen molar-refractivity contribution in [1.29, 1.82) is 0 Å². The number of hydrogen-bond donors (Lipinski definition) is 0. The summed E-state index contributed by atoms with van der Waals surface area (Å²) in [5.74, 6) is -1.07. The van der Waals surface area contributed by atoms with E-state index in [9.17, 15) is 19.7 Å². The quantitative estimate of drug-likeness (QED) is 0.346. The maximum Gasteiger partial charge on any atom is 0.345 e. The molecule has 90 valence electrons. The van der Waals surface area contributed by atoms with Gasteiger partial charge in [0.25, 0.3) is 5.69 Å². The summed E-state index contributed by atoms with van der Waals surface area (Å²) in [5, 5.41) is 10.8. The zero-order valence-corrected chi connectivity index (χ0v) is 9.43. The summed E-state index contributed by atoms with van der Waals surface area (Å²) in [6, 6.07) is 3.67. The van der Waals surface area contributed by atoms with Crippen molar-refractivity contribution in [3.63, 3.8) is 0 Å². The van der Waals surface area contributed by atoms with Crippen LogP contribution >= 0.6 is 0 Å². The number of nitrogens with zero attached hydrogens (tertiary/aromatic N) is 1. The molecular weight excluding hydrogens is 226 g/mol. The smallest absolute Gasteiger partial charge is 0.345 e. The predicted octanol–water partition coefficient (Wildman–Crippen LogP) is 1.97. The summed E-state index contributed by atoms with van der Waals surface area (Å²) in [7, 11) is 0. The van der Waals surface area contributed by atoms with Crippen LogP contribution in [-0.4, -0.2) is 23.3 Å². The Morgan fingerprint density at radius 2 is 2.06 bits per heavy atom. The van der Waals surface area contributed by atoms with Crippen molar-refractivity contribution in [1.82, 2.24) is 0 Å². The highest BCUT2D eigenvalue weighted by Gasteiger charge is 2.22. The molecule has 0 bridgehead atoms. The van der Waals surface area contributed by atoms with E-state index in [1.807, 2.05) is 0 Å². The van der Waals surface area contributed by atoms with Crippen LogP contribution in [0, 0.1) is 10.1 Å². The molecule has 0 atom stereocenters. The van der Waals surface area contributed by atoms with Crippen LogP contribution in [0.25, 0.3) is 0 Å². The first kappa shape index (κ1) is 12.8. The Morgan fingerprint density at radius 1 is 1.41 bits per heavy atom. The van der Waals surface area contributed by atoms with E-state index >= 15 is 0 Å². The van der Waals surface area contributed by atoms with Crippen molar-refractivity contribution in [3.05, 3.63) is 39.4 Å². The number of nitro groups is 1. The normalized spacial score (nSPS) is 9.76. The van der Waals surface area contributed by atoms with Gasteiger partial charge in [0.05, 0.1) is 11.5 Å². The number of carbonyl (C=O) groups excluding carboxylic acids is 2. The van der Waals surface area contributed by atoms with Crippen LogP contribution in [0.1, 0.15) is 34.6 Å². The molecule has 17 heavy (non-hydrogen) atoms. The minimum Gasteiger partial charge on any atom is -0.462 e. The van der Waals surface area contributed by atoms with Crippen LogP contribution in [0.15, 0.2) is 18.2 Å². The standard InChI is InChI=1S/C11H11NO5/c1-3-17-11(14)9-5-4-8(7(2)13)6-10(9)12(15)16/h4-6H,3H2,1-2H3. The zero-order valence-electron chi connectivity index (χ0n) is 9.43. The summed E-state index contributed by atoms with van der Waals surface area (Å²) >= 11 is 0. The van der Waals surface area contributed by atoms with Gasteiger partial charge >= 0.3 is 5.97 Å². The maximum absolute atomic E-state index is 11.4. The molecular formula is C11H11NO5. The third-order valence-corrected chi connectivity index (χ3v) is 2.10. The molecule has 1 aromatic rings. The Kier molecular flexibility index (Phi) is 3.92. The van der Waals surface area contributed by atoms with Gasteiger partial charge in [0.1, 0.15) is 5.56 Å². The van der Waals surface area contributed by atoms with Gasteiger partial charge in [-0.15, -0.1) is 0 Å². The molecule has 0 radical (unpaired) electrons. The molecule has 1 aromatic carbocycles. The number of nitro benzene ring substituents is 1. The predicted molar refractivity (Wildman–Crippen MR) is 59.1 cm³/mol. The van der Waals surface area contributed by atoms with Crippen LogP contribution in [0.5, 0.6) is 0 Å². The van der Waals surface area contributed by atoms with Gasteiger partial charge in [-0.05, 0) is 19.9 Å². The number of Topliss-reactive ketones (excluding diaryl/α,β-unsaturated/α-hetero) is 1. The van der Waals surface area contributed by atoms with Crippen molar-refractivity contribution < 1.29 is 19.2 Å². The SMILES string of the molecule is CCOC(=O)c1ccc(C(C)=O)cc1[N+](=O)[O-]. The number of ketones is 1. The fraction of sp³-hybridized carbons (Fsp3) is 0.273. The number of benzene rings is 1. The Morgan fingerprint density at radius 3 is 2.53 bits per heavy atom. The second kappa shape index (κ2) is 5.20. The van der Waals surface area contributed by atoms with Gasteiger partial charge in [0.2, 0.25) is 0 Å². The highest BCUT2D eigenvalue weighted by Crippen LogP contribution is 2.21. The van der Waals surface area contributed by atoms with E-state index in [2.05, 4.69) is 0 Å². The number of rotatable bonds is 4. The Labute approximate surface area is 97.3 Å². The summed E-state index contributed by atoms with van der Waals surface area (Å²) < 4.78 is 4.69. The van der Waals surface area contributed by atoms with Gasteiger partial charge in [-0.1, -0.05) is 6.07 Å². The number of hydrogen-bond acceptors (Lipinski definition) is 5. The molecule has 0 spiro atoms. The second-order valence-corrected chi connectivity index (χ2v) is 3.27. The Hall–Kier alpha value is -2.24. The van der Waals surface area contributed by atoms with E-state index in [0.29, 0.717) is 0 Å². The number of esters is 1. The molecule has 0 heterocycles.